The molecule has 7 nitrogen and oxygen atoms in total. The maximum Gasteiger partial charge on any atom is 0.393 e. The van der Waals surface area contributed by atoms with Gasteiger partial charge < -0.3 is 20.1 Å². The number of hydrogen-bond acceptors (Lipinski definition) is 6. The van der Waals surface area contributed by atoms with Crippen molar-refractivity contribution >= 4 is 11.7 Å². The molecule has 0 radical (unpaired) electrons. The van der Waals surface area contributed by atoms with Gasteiger partial charge in [0.2, 0.25) is 5.91 Å². The minimum atomic E-state index is -4.32. The van der Waals surface area contributed by atoms with Gasteiger partial charge in [0.15, 0.2) is 6.29 Å². The van der Waals surface area contributed by atoms with E-state index in [1.807, 2.05) is 0 Å². The molecule has 2 heterocycles. The van der Waals surface area contributed by atoms with Gasteiger partial charge in [0, 0.05) is 6.54 Å². The van der Waals surface area contributed by atoms with E-state index in [1.165, 1.54) is 12.1 Å². The van der Waals surface area contributed by atoms with E-state index in [1.54, 1.807) is 19.1 Å². The Morgan fingerprint density at radius 1 is 1.17 bits per heavy atom. The minimum Gasteiger partial charge on any atom is -0.365 e. The number of nitrogens with one attached hydrogen (secondary N) is 2. The van der Waals surface area contributed by atoms with Crippen molar-refractivity contribution < 1.29 is 36.2 Å². The van der Waals surface area contributed by atoms with Crippen molar-refractivity contribution in [1.82, 2.24) is 15.3 Å². The van der Waals surface area contributed by atoms with Crippen LogP contribution in [-0.4, -0.2) is 47.2 Å². The van der Waals surface area contributed by atoms with E-state index in [-0.39, 0.29) is 37.1 Å². The molecular weight excluding hydrogens is 475 g/mol. The monoisotopic (exact) mass is 500 g/mol. The van der Waals surface area contributed by atoms with Crippen LogP contribution in [0.3, 0.4) is 0 Å². The van der Waals surface area contributed by atoms with Crippen molar-refractivity contribution in [3.8, 4) is 0 Å². The highest BCUT2D eigenvalue weighted by atomic mass is 19.4. The third kappa shape index (κ3) is 6.43. The third-order valence-electron chi connectivity index (χ3n) is 5.77. The summed E-state index contributed by atoms with van der Waals surface area (Å²) < 4.78 is 76.0. The van der Waals surface area contributed by atoms with Crippen LogP contribution in [-0.2, 0) is 33.7 Å². The molecular formula is C23H25F5N4O3. The van der Waals surface area contributed by atoms with Gasteiger partial charge in [0.25, 0.3) is 6.43 Å². The number of alkyl halides is 5. The number of benzene rings is 1. The van der Waals surface area contributed by atoms with Crippen LogP contribution in [0.2, 0.25) is 0 Å². The van der Waals surface area contributed by atoms with Gasteiger partial charge in [0.05, 0.1) is 37.3 Å². The average Bonchev–Trinajstić information content (AvgIpc) is 3.34. The second-order valence-corrected chi connectivity index (χ2v) is 8.70. The van der Waals surface area contributed by atoms with Crippen LogP contribution in [0.1, 0.15) is 47.3 Å². The molecule has 35 heavy (non-hydrogen) atoms. The molecule has 2 N–H and O–H groups in total. The lowest BCUT2D eigenvalue weighted by Crippen LogP contribution is -2.43. The molecule has 1 aromatic carbocycles. The van der Waals surface area contributed by atoms with Gasteiger partial charge in [-0.05, 0) is 30.9 Å². The highest BCUT2D eigenvalue weighted by Gasteiger charge is 2.52. The van der Waals surface area contributed by atoms with Crippen molar-refractivity contribution in [1.29, 1.82) is 0 Å². The number of ether oxygens (including phenoxy) is 2. The molecule has 2 aromatic rings. The molecule has 1 saturated heterocycles. The van der Waals surface area contributed by atoms with Crippen molar-refractivity contribution in [3.05, 3.63) is 52.5 Å². The number of carbonyl (C=O) groups excluding carboxylic acids is 1. The molecule has 190 valence electrons. The van der Waals surface area contributed by atoms with Crippen LogP contribution in [0.5, 0.6) is 0 Å². The summed E-state index contributed by atoms with van der Waals surface area (Å²) in [5.74, 6) is 0.00670. The molecule has 2 aliphatic rings. The smallest absolute Gasteiger partial charge is 0.365 e. The first-order valence-corrected chi connectivity index (χ1v) is 11.1. The van der Waals surface area contributed by atoms with Gasteiger partial charge in [-0.3, -0.25) is 4.79 Å². The number of hydrogen-bond donors (Lipinski definition) is 2. The van der Waals surface area contributed by atoms with Crippen LogP contribution < -0.4 is 10.6 Å². The van der Waals surface area contributed by atoms with Crippen LogP contribution >= 0.6 is 0 Å². The summed E-state index contributed by atoms with van der Waals surface area (Å²) in [7, 11) is 0. The van der Waals surface area contributed by atoms with E-state index in [0.29, 0.717) is 36.0 Å². The number of anilines is 1. The van der Waals surface area contributed by atoms with E-state index in [4.69, 9.17) is 9.47 Å². The minimum absolute atomic E-state index is 0.128. The third-order valence-corrected chi connectivity index (χ3v) is 5.77. The molecule has 1 aliphatic carbocycles. The van der Waals surface area contributed by atoms with E-state index in [2.05, 4.69) is 20.6 Å². The molecule has 0 atom stereocenters. The highest BCUT2D eigenvalue weighted by Crippen LogP contribution is 2.41. The molecule has 1 saturated carbocycles. The first-order valence-electron chi connectivity index (χ1n) is 11.1. The molecule has 2 fully saturated rings. The Labute approximate surface area is 198 Å². The number of aromatic nitrogens is 2. The summed E-state index contributed by atoms with van der Waals surface area (Å²) in [5, 5.41) is 5.50. The fraction of sp³-hybridized carbons (Fsp3) is 0.522. The molecule has 1 aliphatic heterocycles. The van der Waals surface area contributed by atoms with Gasteiger partial charge in [-0.15, -0.1) is 0 Å². The summed E-state index contributed by atoms with van der Waals surface area (Å²) in [6, 6.07) is 6.07. The average molecular weight is 500 g/mol. The lowest BCUT2D eigenvalue weighted by Gasteiger charge is -2.21. The molecule has 4 rings (SSSR count). The molecule has 0 bridgehead atoms. The van der Waals surface area contributed by atoms with E-state index >= 15 is 0 Å². The first kappa shape index (κ1) is 25.2. The fourth-order valence-electron chi connectivity index (χ4n) is 3.95. The Kier molecular flexibility index (Phi) is 7.22. The second kappa shape index (κ2) is 10.0. The van der Waals surface area contributed by atoms with Gasteiger partial charge in [-0.25, -0.2) is 18.7 Å². The maximum absolute atomic E-state index is 13.3. The van der Waals surface area contributed by atoms with Gasteiger partial charge in [-0.1, -0.05) is 24.3 Å². The number of halogens is 5. The number of aryl methyl sites for hydroxylation is 1. The standard InChI is InChI=1S/C23H25F5N4O3/c1-13-30-16(10-17(33)32-22(5-6-22)21(24)25)18(20-34-7-8-35-20)19(31-13)29-12-15-4-2-3-14(9-15)11-23(26,27)28/h2-4,9,20-21H,5-8,10-12H2,1H3,(H,32,33)(H,29,30,31). The molecule has 0 unspecified atom stereocenters. The van der Waals surface area contributed by atoms with E-state index in [0.717, 1.165) is 0 Å². The second-order valence-electron chi connectivity index (χ2n) is 8.70. The van der Waals surface area contributed by atoms with Crippen LogP contribution in [0.15, 0.2) is 24.3 Å². The van der Waals surface area contributed by atoms with E-state index < -0.39 is 36.8 Å². The molecule has 12 heteroatoms. The number of amides is 1. The lowest BCUT2D eigenvalue weighted by atomic mass is 10.1. The zero-order valence-electron chi connectivity index (χ0n) is 18.9. The Bertz CT molecular complexity index is 1070. The molecule has 1 amide bonds. The fourth-order valence-corrected chi connectivity index (χ4v) is 3.95. The van der Waals surface area contributed by atoms with Crippen molar-refractivity contribution in [2.75, 3.05) is 18.5 Å². The summed E-state index contributed by atoms with van der Waals surface area (Å²) in [6.45, 7) is 2.36. The Hall–Kier alpha value is -2.86. The van der Waals surface area contributed by atoms with Crippen LogP contribution in [0, 0.1) is 6.92 Å². The predicted octanol–water partition coefficient (Wildman–Crippen LogP) is 4.00. The van der Waals surface area contributed by atoms with Crippen molar-refractivity contribution in [2.24, 2.45) is 0 Å². The summed E-state index contributed by atoms with van der Waals surface area (Å²) >= 11 is 0. The van der Waals surface area contributed by atoms with Gasteiger partial charge in [0.1, 0.15) is 17.2 Å². The number of nitrogens with zero attached hydrogens (tertiary/aromatic N) is 2. The largest absolute Gasteiger partial charge is 0.393 e. The van der Waals surface area contributed by atoms with E-state index in [9.17, 15) is 26.7 Å². The first-order chi connectivity index (χ1) is 16.5. The topological polar surface area (TPSA) is 85.4 Å². The summed E-state index contributed by atoms with van der Waals surface area (Å²) in [4.78, 5) is 21.3. The normalized spacial score (nSPS) is 17.6. The quantitative estimate of drug-likeness (QED) is 0.507. The highest BCUT2D eigenvalue weighted by molar-refractivity contribution is 5.80. The predicted molar refractivity (Wildman–Crippen MR) is 115 cm³/mol. The van der Waals surface area contributed by atoms with Crippen LogP contribution in [0.4, 0.5) is 27.8 Å². The van der Waals surface area contributed by atoms with Crippen LogP contribution in [0.25, 0.3) is 0 Å². The van der Waals surface area contributed by atoms with Crippen molar-refractivity contribution in [3.63, 3.8) is 0 Å². The Balaban J connectivity index is 1.56. The molecule has 1 aromatic heterocycles. The number of carbonyl (C=O) groups is 1. The van der Waals surface area contributed by atoms with Gasteiger partial charge in [-0.2, -0.15) is 13.2 Å². The zero-order chi connectivity index (χ0) is 25.2. The number of rotatable bonds is 9. The lowest BCUT2D eigenvalue weighted by molar-refractivity contribution is -0.127. The zero-order valence-corrected chi connectivity index (χ0v) is 18.9. The molecule has 0 spiro atoms. The summed E-state index contributed by atoms with van der Waals surface area (Å²) in [6.07, 6.45) is -8.76. The SMILES string of the molecule is Cc1nc(CC(=O)NC2(C(F)F)CC2)c(C2OCCO2)c(NCc2cccc(CC(F)(F)F)c2)n1. The maximum atomic E-state index is 13.3. The Morgan fingerprint density at radius 3 is 2.49 bits per heavy atom. The van der Waals surface area contributed by atoms with Crippen molar-refractivity contribution in [2.45, 2.75) is 63.6 Å². The Morgan fingerprint density at radius 2 is 1.86 bits per heavy atom. The van der Waals surface area contributed by atoms with Gasteiger partial charge >= 0.3 is 6.18 Å². The summed E-state index contributed by atoms with van der Waals surface area (Å²) in [5.41, 5.74) is -0.142.